The van der Waals surface area contributed by atoms with E-state index in [0.717, 1.165) is 0 Å². The summed E-state index contributed by atoms with van der Waals surface area (Å²) in [7, 11) is 1.31. The standard InChI is InChI=1S/C20H19ClFN3O4S/c1-4-29-20(27)16-10(2)23-18(19-24-12(9-30-19)8-15(26)28-3)25-17(16)13-6-5-11(22)7-14(13)21/h5-7,9,17H,4,8H2,1-3H3,(H,23,25). The summed E-state index contributed by atoms with van der Waals surface area (Å²) in [5, 5.41) is 5.48. The first-order valence-corrected chi connectivity index (χ1v) is 10.3. The second-order valence-corrected chi connectivity index (χ2v) is 7.59. The van der Waals surface area contributed by atoms with Crippen molar-refractivity contribution in [3.63, 3.8) is 0 Å². The van der Waals surface area contributed by atoms with Crippen LogP contribution >= 0.6 is 22.9 Å². The molecule has 1 atom stereocenters. The van der Waals surface area contributed by atoms with E-state index in [1.54, 1.807) is 19.2 Å². The molecular weight excluding hydrogens is 433 g/mol. The second kappa shape index (κ2) is 9.36. The molecule has 1 aromatic carbocycles. The summed E-state index contributed by atoms with van der Waals surface area (Å²) in [6.07, 6.45) is 0.0381. The maximum Gasteiger partial charge on any atom is 0.338 e. The van der Waals surface area contributed by atoms with E-state index in [2.05, 4.69) is 20.0 Å². The molecule has 1 aliphatic heterocycles. The highest BCUT2D eigenvalue weighted by Gasteiger charge is 2.32. The summed E-state index contributed by atoms with van der Waals surface area (Å²) in [6.45, 7) is 3.62. The van der Waals surface area contributed by atoms with Crippen LogP contribution in [0.2, 0.25) is 5.02 Å². The van der Waals surface area contributed by atoms with Crippen molar-refractivity contribution in [3.05, 3.63) is 62.0 Å². The van der Waals surface area contributed by atoms with Gasteiger partial charge < -0.3 is 14.8 Å². The van der Waals surface area contributed by atoms with E-state index in [1.807, 2.05) is 0 Å². The maximum absolute atomic E-state index is 13.6. The highest BCUT2D eigenvalue weighted by molar-refractivity contribution is 7.11. The Bertz CT molecular complexity index is 1050. The Balaban J connectivity index is 2.03. The molecule has 1 N–H and O–H groups in total. The molecule has 3 rings (SSSR count). The molecule has 2 heterocycles. The van der Waals surface area contributed by atoms with E-state index in [-0.39, 0.29) is 23.6 Å². The van der Waals surface area contributed by atoms with Gasteiger partial charge in [-0.2, -0.15) is 0 Å². The first-order chi connectivity index (χ1) is 14.3. The molecule has 1 aromatic heterocycles. The van der Waals surface area contributed by atoms with Gasteiger partial charge in [0.2, 0.25) is 0 Å². The van der Waals surface area contributed by atoms with Gasteiger partial charge in [0.1, 0.15) is 11.9 Å². The van der Waals surface area contributed by atoms with Crippen molar-refractivity contribution >= 4 is 40.7 Å². The van der Waals surface area contributed by atoms with Gasteiger partial charge in [-0.05, 0) is 26.0 Å². The Morgan fingerprint density at radius 3 is 2.80 bits per heavy atom. The minimum absolute atomic E-state index is 0.0381. The summed E-state index contributed by atoms with van der Waals surface area (Å²) in [4.78, 5) is 33.1. The van der Waals surface area contributed by atoms with E-state index < -0.39 is 23.8 Å². The molecule has 0 radical (unpaired) electrons. The van der Waals surface area contributed by atoms with Crippen LogP contribution in [0.4, 0.5) is 4.39 Å². The van der Waals surface area contributed by atoms with Crippen molar-refractivity contribution < 1.29 is 23.5 Å². The molecule has 10 heteroatoms. The summed E-state index contributed by atoms with van der Waals surface area (Å²) in [5.41, 5.74) is 1.81. The van der Waals surface area contributed by atoms with Crippen molar-refractivity contribution in [1.29, 1.82) is 0 Å². The van der Waals surface area contributed by atoms with E-state index >= 15 is 0 Å². The molecule has 0 saturated heterocycles. The summed E-state index contributed by atoms with van der Waals surface area (Å²) >= 11 is 7.55. The van der Waals surface area contributed by atoms with Crippen LogP contribution in [-0.4, -0.2) is 36.5 Å². The molecule has 0 bridgehead atoms. The molecule has 7 nitrogen and oxygen atoms in total. The molecule has 0 amide bonds. The predicted molar refractivity (Wildman–Crippen MR) is 111 cm³/mol. The fourth-order valence-corrected chi connectivity index (χ4v) is 3.96. The zero-order valence-electron chi connectivity index (χ0n) is 16.5. The van der Waals surface area contributed by atoms with Crippen LogP contribution < -0.4 is 5.32 Å². The molecule has 0 aliphatic carbocycles. The normalized spacial score (nSPS) is 16.0. The van der Waals surface area contributed by atoms with Crippen molar-refractivity contribution in [2.45, 2.75) is 26.3 Å². The van der Waals surface area contributed by atoms with Gasteiger partial charge >= 0.3 is 11.9 Å². The quantitative estimate of drug-likeness (QED) is 0.675. The molecule has 0 spiro atoms. The topological polar surface area (TPSA) is 89.9 Å². The van der Waals surface area contributed by atoms with Crippen molar-refractivity contribution in [1.82, 2.24) is 10.3 Å². The maximum atomic E-state index is 13.6. The number of nitrogens with zero attached hydrogens (tertiary/aromatic N) is 2. The van der Waals surface area contributed by atoms with E-state index in [0.29, 0.717) is 27.8 Å². The van der Waals surface area contributed by atoms with Crippen LogP contribution in [0.1, 0.15) is 36.2 Å². The summed E-state index contributed by atoms with van der Waals surface area (Å²) < 4.78 is 23.4. The Kier molecular flexibility index (Phi) is 6.84. The molecule has 1 unspecified atom stereocenters. The number of allylic oxidation sites excluding steroid dienone is 1. The van der Waals surface area contributed by atoms with E-state index in [4.69, 9.17) is 16.3 Å². The second-order valence-electron chi connectivity index (χ2n) is 6.33. The van der Waals surface area contributed by atoms with Gasteiger partial charge in [0.15, 0.2) is 10.8 Å². The molecule has 2 aromatic rings. The average Bonchev–Trinajstić information content (AvgIpc) is 3.16. The smallest absolute Gasteiger partial charge is 0.338 e. The van der Waals surface area contributed by atoms with Gasteiger partial charge in [0, 0.05) is 21.7 Å². The number of aliphatic imine (C=N–C) groups is 1. The largest absolute Gasteiger partial charge is 0.469 e. The lowest BCUT2D eigenvalue weighted by molar-refractivity contribution is -0.140. The zero-order chi connectivity index (χ0) is 21.8. The number of halogens is 2. The van der Waals surface area contributed by atoms with Gasteiger partial charge in [0.05, 0.1) is 31.4 Å². The van der Waals surface area contributed by atoms with E-state index in [9.17, 15) is 14.0 Å². The number of carbonyl (C=O) groups excluding carboxylic acids is 2. The highest BCUT2D eigenvalue weighted by atomic mass is 35.5. The molecule has 1 aliphatic rings. The molecule has 0 saturated carbocycles. The van der Waals surface area contributed by atoms with Gasteiger partial charge in [0.25, 0.3) is 0 Å². The predicted octanol–water partition coefficient (Wildman–Crippen LogP) is 3.58. The number of amidine groups is 1. The van der Waals surface area contributed by atoms with Crippen LogP contribution in [0.15, 0.2) is 39.8 Å². The van der Waals surface area contributed by atoms with Crippen LogP contribution in [0.25, 0.3) is 0 Å². The average molecular weight is 452 g/mol. The number of hydrogen-bond donors (Lipinski definition) is 1. The van der Waals surface area contributed by atoms with Gasteiger partial charge in [-0.25, -0.2) is 14.2 Å². The summed E-state index contributed by atoms with van der Waals surface area (Å²) in [5.74, 6) is -1.03. The lowest BCUT2D eigenvalue weighted by Gasteiger charge is -2.26. The lowest BCUT2D eigenvalue weighted by Crippen LogP contribution is -2.33. The number of aromatic nitrogens is 1. The summed E-state index contributed by atoms with van der Waals surface area (Å²) in [6, 6.07) is 3.12. The fraction of sp³-hybridized carbons (Fsp3) is 0.300. The third-order valence-corrected chi connectivity index (χ3v) is 5.53. The Morgan fingerprint density at radius 1 is 1.37 bits per heavy atom. The highest BCUT2D eigenvalue weighted by Crippen LogP contribution is 2.36. The van der Waals surface area contributed by atoms with Crippen LogP contribution in [0, 0.1) is 5.82 Å². The van der Waals surface area contributed by atoms with Gasteiger partial charge in [-0.15, -0.1) is 11.3 Å². The molecule has 30 heavy (non-hydrogen) atoms. The van der Waals surface area contributed by atoms with Gasteiger partial charge in [-0.1, -0.05) is 17.7 Å². The number of esters is 2. The van der Waals surface area contributed by atoms with Crippen LogP contribution in [0.3, 0.4) is 0 Å². The van der Waals surface area contributed by atoms with E-state index in [1.165, 1.54) is 36.6 Å². The third kappa shape index (κ3) is 4.68. The number of benzene rings is 1. The fourth-order valence-electron chi connectivity index (χ4n) is 2.92. The zero-order valence-corrected chi connectivity index (χ0v) is 18.1. The van der Waals surface area contributed by atoms with Crippen molar-refractivity contribution in [2.24, 2.45) is 4.99 Å². The Hall–Kier alpha value is -2.78. The molecule has 158 valence electrons. The number of carbonyl (C=O) groups is 2. The monoisotopic (exact) mass is 451 g/mol. The van der Waals surface area contributed by atoms with Crippen LogP contribution in [-0.2, 0) is 25.5 Å². The minimum Gasteiger partial charge on any atom is -0.469 e. The number of ether oxygens (including phenoxy) is 2. The SMILES string of the molecule is CCOC(=O)C1=C(C)NC(c2nc(CC(=O)OC)cs2)=NC1c1ccc(F)cc1Cl. The first kappa shape index (κ1) is 21.9. The molecule has 0 fully saturated rings. The minimum atomic E-state index is -0.804. The van der Waals surface area contributed by atoms with Crippen molar-refractivity contribution in [3.8, 4) is 0 Å². The number of hydrogen-bond acceptors (Lipinski definition) is 8. The van der Waals surface area contributed by atoms with Crippen LogP contribution in [0.5, 0.6) is 0 Å². The number of rotatable bonds is 6. The lowest BCUT2D eigenvalue weighted by atomic mass is 9.96. The number of methoxy groups -OCH3 is 1. The Morgan fingerprint density at radius 2 is 2.13 bits per heavy atom. The first-order valence-electron chi connectivity index (χ1n) is 9.03. The molecular formula is C20H19ClFN3O4S. The van der Waals surface area contributed by atoms with Gasteiger partial charge in [-0.3, -0.25) is 9.79 Å². The third-order valence-electron chi connectivity index (χ3n) is 4.30. The number of nitrogens with one attached hydrogen (secondary N) is 1. The van der Waals surface area contributed by atoms with Crippen molar-refractivity contribution in [2.75, 3.05) is 13.7 Å². The number of thiazole rings is 1. The Labute approximate surface area is 181 Å².